The molecule has 0 amide bonds. The van der Waals surface area contributed by atoms with Gasteiger partial charge in [0.2, 0.25) is 10.0 Å². The highest BCUT2D eigenvalue weighted by molar-refractivity contribution is 7.89. The van der Waals surface area contributed by atoms with Crippen LogP contribution in [0, 0.1) is 0 Å². The van der Waals surface area contributed by atoms with Crippen molar-refractivity contribution >= 4 is 22.6 Å². The standard InChI is InChI=1S/C19H30BNO5S/c1-6-13-27(22,23)21-16-11-12-24-17(16)14-7-9-15(10-8-14)20-25-18(2,3)19(4,5)26-20/h7-10,16-17,21H,6,11-13H2,1-5H3. The van der Waals surface area contributed by atoms with Crippen LogP contribution >= 0.6 is 0 Å². The molecule has 0 spiro atoms. The molecular weight excluding hydrogens is 365 g/mol. The third kappa shape index (κ3) is 4.40. The van der Waals surface area contributed by atoms with E-state index in [0.29, 0.717) is 19.4 Å². The van der Waals surface area contributed by atoms with Gasteiger partial charge in [-0.15, -0.1) is 0 Å². The number of rotatable bonds is 6. The Morgan fingerprint density at radius 1 is 1.11 bits per heavy atom. The lowest BCUT2D eigenvalue weighted by atomic mass is 9.78. The maximum Gasteiger partial charge on any atom is 0.494 e. The van der Waals surface area contributed by atoms with Crippen LogP contribution in [0.3, 0.4) is 0 Å². The molecule has 0 saturated carbocycles. The van der Waals surface area contributed by atoms with Crippen molar-refractivity contribution in [2.45, 2.75) is 70.8 Å². The van der Waals surface area contributed by atoms with Crippen LogP contribution < -0.4 is 10.2 Å². The molecule has 2 heterocycles. The zero-order valence-electron chi connectivity index (χ0n) is 16.8. The molecule has 2 atom stereocenters. The number of hydrogen-bond donors (Lipinski definition) is 1. The highest BCUT2D eigenvalue weighted by atomic mass is 32.2. The lowest BCUT2D eigenvalue weighted by Gasteiger charge is -2.32. The van der Waals surface area contributed by atoms with Crippen molar-refractivity contribution in [2.75, 3.05) is 12.4 Å². The van der Waals surface area contributed by atoms with Crippen LogP contribution in [0.25, 0.3) is 0 Å². The third-order valence-corrected chi connectivity index (χ3v) is 7.29. The normalized spacial score (nSPS) is 27.2. The molecule has 3 rings (SSSR count). The van der Waals surface area contributed by atoms with E-state index in [9.17, 15) is 8.42 Å². The smallest absolute Gasteiger partial charge is 0.399 e. The van der Waals surface area contributed by atoms with E-state index in [0.717, 1.165) is 11.0 Å². The van der Waals surface area contributed by atoms with Gasteiger partial charge in [-0.3, -0.25) is 0 Å². The first-order valence-electron chi connectivity index (χ1n) is 9.62. The van der Waals surface area contributed by atoms with Gasteiger partial charge >= 0.3 is 7.12 Å². The third-order valence-electron chi connectivity index (χ3n) is 5.69. The number of hydrogen-bond acceptors (Lipinski definition) is 5. The molecular formula is C19H30BNO5S. The van der Waals surface area contributed by atoms with Crippen molar-refractivity contribution in [3.8, 4) is 0 Å². The maximum absolute atomic E-state index is 12.1. The summed E-state index contributed by atoms with van der Waals surface area (Å²) in [6.07, 6.45) is 0.993. The van der Waals surface area contributed by atoms with Gasteiger partial charge < -0.3 is 14.0 Å². The van der Waals surface area contributed by atoms with E-state index in [-0.39, 0.29) is 29.1 Å². The Bertz CT molecular complexity index is 747. The minimum absolute atomic E-state index is 0.136. The number of sulfonamides is 1. The van der Waals surface area contributed by atoms with Crippen molar-refractivity contribution in [3.05, 3.63) is 29.8 Å². The first-order chi connectivity index (χ1) is 12.5. The average Bonchev–Trinajstić information content (AvgIpc) is 3.09. The summed E-state index contributed by atoms with van der Waals surface area (Å²) in [6.45, 7) is 10.5. The topological polar surface area (TPSA) is 73.9 Å². The van der Waals surface area contributed by atoms with Gasteiger partial charge in [0.1, 0.15) is 0 Å². The Morgan fingerprint density at radius 2 is 1.70 bits per heavy atom. The fourth-order valence-corrected chi connectivity index (χ4v) is 4.78. The van der Waals surface area contributed by atoms with E-state index >= 15 is 0 Å². The maximum atomic E-state index is 12.1. The highest BCUT2D eigenvalue weighted by Gasteiger charge is 2.51. The summed E-state index contributed by atoms with van der Waals surface area (Å²) in [5.41, 5.74) is 1.14. The van der Waals surface area contributed by atoms with Gasteiger partial charge in [-0.05, 0) is 51.6 Å². The monoisotopic (exact) mass is 395 g/mol. The van der Waals surface area contributed by atoms with Gasteiger partial charge in [0.15, 0.2) is 0 Å². The van der Waals surface area contributed by atoms with Gasteiger partial charge in [0.05, 0.1) is 29.1 Å². The molecule has 6 nitrogen and oxygen atoms in total. The van der Waals surface area contributed by atoms with Crippen LogP contribution in [0.1, 0.15) is 59.1 Å². The predicted molar refractivity (Wildman–Crippen MR) is 106 cm³/mol. The van der Waals surface area contributed by atoms with Crippen molar-refractivity contribution in [1.82, 2.24) is 4.72 Å². The SMILES string of the molecule is CCCS(=O)(=O)NC1CCOC1c1ccc(B2OC(C)(C)C(C)(C)O2)cc1. The Labute approximate surface area is 163 Å². The molecule has 0 aromatic heterocycles. The number of nitrogens with one attached hydrogen (secondary N) is 1. The number of ether oxygens (including phenoxy) is 1. The molecule has 0 radical (unpaired) electrons. The van der Waals surface area contributed by atoms with E-state index in [4.69, 9.17) is 14.0 Å². The van der Waals surface area contributed by atoms with Crippen molar-refractivity contribution in [3.63, 3.8) is 0 Å². The highest BCUT2D eigenvalue weighted by Crippen LogP contribution is 2.36. The molecule has 8 heteroatoms. The van der Waals surface area contributed by atoms with Crippen LogP contribution in [-0.2, 0) is 24.1 Å². The summed E-state index contributed by atoms with van der Waals surface area (Å²) in [5, 5.41) is 0. The summed E-state index contributed by atoms with van der Waals surface area (Å²) in [4.78, 5) is 0. The van der Waals surface area contributed by atoms with Crippen molar-refractivity contribution in [2.24, 2.45) is 0 Å². The molecule has 2 fully saturated rings. The molecule has 2 aliphatic heterocycles. The van der Waals surface area contributed by atoms with Gasteiger partial charge in [-0.1, -0.05) is 31.2 Å². The fraction of sp³-hybridized carbons (Fsp3) is 0.684. The number of benzene rings is 1. The largest absolute Gasteiger partial charge is 0.494 e. The summed E-state index contributed by atoms with van der Waals surface area (Å²) in [7, 11) is -3.68. The van der Waals surface area contributed by atoms with Gasteiger partial charge in [0.25, 0.3) is 0 Å². The van der Waals surface area contributed by atoms with E-state index in [1.165, 1.54) is 0 Å². The van der Waals surface area contributed by atoms with Crippen LogP contribution in [0.4, 0.5) is 0 Å². The van der Waals surface area contributed by atoms with Gasteiger partial charge in [-0.2, -0.15) is 0 Å². The Hall–Kier alpha value is -0.925. The molecule has 0 aliphatic carbocycles. The first kappa shape index (κ1) is 20.8. The second-order valence-corrected chi connectivity index (χ2v) is 10.3. The molecule has 0 bridgehead atoms. The predicted octanol–water partition coefficient (Wildman–Crippen LogP) is 2.15. The molecule has 2 saturated heterocycles. The fourth-order valence-electron chi connectivity index (χ4n) is 3.42. The lowest BCUT2D eigenvalue weighted by molar-refractivity contribution is 0.00578. The second-order valence-electron chi connectivity index (χ2n) is 8.38. The van der Waals surface area contributed by atoms with Crippen LogP contribution in [0.2, 0.25) is 0 Å². The van der Waals surface area contributed by atoms with Gasteiger partial charge in [0, 0.05) is 6.61 Å². The van der Waals surface area contributed by atoms with Crippen molar-refractivity contribution in [1.29, 1.82) is 0 Å². The minimum atomic E-state index is -3.27. The van der Waals surface area contributed by atoms with E-state index in [2.05, 4.69) is 4.72 Å². The van der Waals surface area contributed by atoms with Crippen molar-refractivity contribution < 1.29 is 22.5 Å². The molecule has 150 valence electrons. The molecule has 1 aromatic rings. The Kier molecular flexibility index (Phi) is 5.76. The van der Waals surface area contributed by atoms with Crippen LogP contribution in [0.5, 0.6) is 0 Å². The molecule has 1 N–H and O–H groups in total. The van der Waals surface area contributed by atoms with E-state index < -0.39 is 17.1 Å². The summed E-state index contributed by atoms with van der Waals surface area (Å²) in [6, 6.07) is 7.65. The second kappa shape index (κ2) is 7.48. The first-order valence-corrected chi connectivity index (χ1v) is 11.3. The molecule has 1 aromatic carbocycles. The van der Waals surface area contributed by atoms with Crippen LogP contribution in [0.15, 0.2) is 24.3 Å². The van der Waals surface area contributed by atoms with Crippen LogP contribution in [-0.4, -0.2) is 45.1 Å². The summed E-state index contributed by atoms with van der Waals surface area (Å²) < 4.78 is 45.0. The zero-order valence-corrected chi connectivity index (χ0v) is 17.6. The molecule has 2 unspecified atom stereocenters. The molecule has 27 heavy (non-hydrogen) atoms. The Balaban J connectivity index is 1.72. The molecule has 2 aliphatic rings. The quantitative estimate of drug-likeness (QED) is 0.748. The minimum Gasteiger partial charge on any atom is -0.399 e. The van der Waals surface area contributed by atoms with Gasteiger partial charge in [-0.25, -0.2) is 13.1 Å². The zero-order chi connectivity index (χ0) is 19.9. The summed E-state index contributed by atoms with van der Waals surface area (Å²) in [5.74, 6) is 0.136. The van der Waals surface area contributed by atoms with E-state index in [1.54, 1.807) is 0 Å². The summed E-state index contributed by atoms with van der Waals surface area (Å²) >= 11 is 0. The van der Waals surface area contributed by atoms with E-state index in [1.807, 2.05) is 58.9 Å². The average molecular weight is 395 g/mol. The lowest BCUT2D eigenvalue weighted by Crippen LogP contribution is -2.41. The Morgan fingerprint density at radius 3 is 2.26 bits per heavy atom.